The van der Waals surface area contributed by atoms with E-state index in [1.807, 2.05) is 24.3 Å². The zero-order valence-electron chi connectivity index (χ0n) is 13.1. The molecule has 0 aliphatic rings. The first kappa shape index (κ1) is 15.2. The van der Waals surface area contributed by atoms with Crippen molar-refractivity contribution in [3.05, 3.63) is 53.6 Å². The van der Waals surface area contributed by atoms with Crippen LogP contribution in [0.2, 0.25) is 0 Å². The van der Waals surface area contributed by atoms with E-state index in [4.69, 9.17) is 15.2 Å². The molecule has 21 heavy (non-hydrogen) atoms. The van der Waals surface area contributed by atoms with Crippen LogP contribution in [-0.2, 0) is 12.0 Å². The molecule has 0 bridgehead atoms. The van der Waals surface area contributed by atoms with Crippen molar-refractivity contribution in [2.45, 2.75) is 32.8 Å². The zero-order chi connectivity index (χ0) is 15.5. The molecule has 0 aromatic heterocycles. The zero-order valence-corrected chi connectivity index (χ0v) is 13.1. The average Bonchev–Trinajstić information content (AvgIpc) is 2.44. The summed E-state index contributed by atoms with van der Waals surface area (Å²) < 4.78 is 11.1. The summed E-state index contributed by atoms with van der Waals surface area (Å²) >= 11 is 0. The maximum absolute atomic E-state index is 5.87. The van der Waals surface area contributed by atoms with Crippen LogP contribution >= 0.6 is 0 Å². The van der Waals surface area contributed by atoms with Gasteiger partial charge in [0.2, 0.25) is 0 Å². The Morgan fingerprint density at radius 2 is 1.76 bits per heavy atom. The van der Waals surface area contributed by atoms with Gasteiger partial charge in [0.15, 0.2) is 0 Å². The summed E-state index contributed by atoms with van der Waals surface area (Å²) in [5.74, 6) is 1.61. The molecule has 0 amide bonds. The highest BCUT2D eigenvalue weighted by Crippen LogP contribution is 2.26. The van der Waals surface area contributed by atoms with Gasteiger partial charge in [0, 0.05) is 11.8 Å². The Kier molecular flexibility index (Phi) is 4.41. The quantitative estimate of drug-likeness (QED) is 0.858. The second-order valence-electron chi connectivity index (χ2n) is 6.18. The van der Waals surface area contributed by atoms with E-state index in [0.717, 1.165) is 17.1 Å². The van der Waals surface area contributed by atoms with Crippen LogP contribution in [0.25, 0.3) is 0 Å². The van der Waals surface area contributed by atoms with Gasteiger partial charge in [0.05, 0.1) is 7.11 Å². The second kappa shape index (κ2) is 6.08. The Bertz CT molecular complexity index is 615. The number of nitrogens with two attached hydrogens (primary N) is 1. The van der Waals surface area contributed by atoms with Gasteiger partial charge in [-0.15, -0.1) is 0 Å². The molecule has 2 aromatic carbocycles. The number of ether oxygens (including phenoxy) is 2. The van der Waals surface area contributed by atoms with Gasteiger partial charge in [-0.2, -0.15) is 0 Å². The fourth-order valence-electron chi connectivity index (χ4n) is 2.11. The van der Waals surface area contributed by atoms with Crippen molar-refractivity contribution < 1.29 is 9.47 Å². The largest absolute Gasteiger partial charge is 0.497 e. The van der Waals surface area contributed by atoms with Crippen LogP contribution < -0.4 is 15.2 Å². The van der Waals surface area contributed by atoms with Gasteiger partial charge in [-0.1, -0.05) is 32.9 Å². The third-order valence-electron chi connectivity index (χ3n) is 3.33. The van der Waals surface area contributed by atoms with Crippen molar-refractivity contribution in [2.75, 3.05) is 12.8 Å². The number of hydrogen-bond acceptors (Lipinski definition) is 3. The van der Waals surface area contributed by atoms with Gasteiger partial charge in [-0.3, -0.25) is 0 Å². The standard InChI is InChI=1S/C18H23NO2/c1-18(2,3)14-6-5-7-16(10-14)21-12-13-8-15(19)11-17(9-13)20-4/h5-11H,12,19H2,1-4H3. The summed E-state index contributed by atoms with van der Waals surface area (Å²) in [6.07, 6.45) is 0. The van der Waals surface area contributed by atoms with Gasteiger partial charge >= 0.3 is 0 Å². The normalized spacial score (nSPS) is 11.2. The van der Waals surface area contributed by atoms with E-state index in [9.17, 15) is 0 Å². The molecule has 0 unspecified atom stereocenters. The van der Waals surface area contributed by atoms with E-state index in [2.05, 4.69) is 32.9 Å². The summed E-state index contributed by atoms with van der Waals surface area (Å²) in [7, 11) is 1.63. The fourth-order valence-corrected chi connectivity index (χ4v) is 2.11. The maximum atomic E-state index is 5.87. The van der Waals surface area contributed by atoms with Crippen LogP contribution in [0.3, 0.4) is 0 Å². The highest BCUT2D eigenvalue weighted by Gasteiger charge is 2.13. The topological polar surface area (TPSA) is 44.5 Å². The minimum absolute atomic E-state index is 0.111. The lowest BCUT2D eigenvalue weighted by atomic mass is 9.87. The molecule has 0 fully saturated rings. The first-order chi connectivity index (χ1) is 9.88. The summed E-state index contributed by atoms with van der Waals surface area (Å²) in [6.45, 7) is 7.04. The van der Waals surface area contributed by atoms with E-state index < -0.39 is 0 Å². The molecule has 0 aliphatic heterocycles. The van der Waals surface area contributed by atoms with Crippen LogP contribution in [0.4, 0.5) is 5.69 Å². The first-order valence-electron chi connectivity index (χ1n) is 7.05. The van der Waals surface area contributed by atoms with E-state index >= 15 is 0 Å². The molecule has 0 saturated carbocycles. The lowest BCUT2D eigenvalue weighted by Crippen LogP contribution is -2.11. The van der Waals surface area contributed by atoms with Crippen LogP contribution in [0.1, 0.15) is 31.9 Å². The average molecular weight is 285 g/mol. The van der Waals surface area contributed by atoms with Crippen molar-refractivity contribution in [3.8, 4) is 11.5 Å². The van der Waals surface area contributed by atoms with E-state index in [1.165, 1.54) is 5.56 Å². The predicted octanol–water partition coefficient (Wildman–Crippen LogP) is 4.15. The van der Waals surface area contributed by atoms with Crippen LogP contribution in [0, 0.1) is 0 Å². The summed E-state index contributed by atoms with van der Waals surface area (Å²) in [5.41, 5.74) is 8.89. The molecule has 112 valence electrons. The maximum Gasteiger partial charge on any atom is 0.121 e. The summed E-state index contributed by atoms with van der Waals surface area (Å²) in [5, 5.41) is 0. The first-order valence-corrected chi connectivity index (χ1v) is 7.05. The molecule has 2 N–H and O–H groups in total. The Hall–Kier alpha value is -2.16. The smallest absolute Gasteiger partial charge is 0.121 e. The molecule has 3 heteroatoms. The summed E-state index contributed by atoms with van der Waals surface area (Å²) in [6, 6.07) is 13.8. The Balaban J connectivity index is 2.11. The van der Waals surface area contributed by atoms with Crippen molar-refractivity contribution in [2.24, 2.45) is 0 Å². The molecule has 0 radical (unpaired) electrons. The van der Waals surface area contributed by atoms with Gasteiger partial charge in [-0.05, 0) is 40.8 Å². The number of methoxy groups -OCH3 is 1. The summed E-state index contributed by atoms with van der Waals surface area (Å²) in [4.78, 5) is 0. The fraction of sp³-hybridized carbons (Fsp3) is 0.333. The van der Waals surface area contributed by atoms with Crippen LogP contribution in [0.15, 0.2) is 42.5 Å². The lowest BCUT2D eigenvalue weighted by Gasteiger charge is -2.19. The predicted molar refractivity (Wildman–Crippen MR) is 86.9 cm³/mol. The van der Waals surface area contributed by atoms with E-state index in [-0.39, 0.29) is 5.41 Å². The molecule has 0 spiro atoms. The Morgan fingerprint density at radius 1 is 1.00 bits per heavy atom. The number of anilines is 1. The highest BCUT2D eigenvalue weighted by atomic mass is 16.5. The van der Waals surface area contributed by atoms with Crippen molar-refractivity contribution in [3.63, 3.8) is 0 Å². The van der Waals surface area contributed by atoms with Gasteiger partial charge in [0.1, 0.15) is 18.1 Å². The molecule has 0 atom stereocenters. The number of benzene rings is 2. The van der Waals surface area contributed by atoms with E-state index in [0.29, 0.717) is 12.3 Å². The van der Waals surface area contributed by atoms with E-state index in [1.54, 1.807) is 13.2 Å². The monoisotopic (exact) mass is 285 g/mol. The van der Waals surface area contributed by atoms with Gasteiger partial charge in [0.25, 0.3) is 0 Å². The molecule has 2 rings (SSSR count). The Morgan fingerprint density at radius 3 is 2.43 bits per heavy atom. The van der Waals surface area contributed by atoms with Gasteiger partial charge in [-0.25, -0.2) is 0 Å². The number of nitrogen functional groups attached to an aromatic ring is 1. The van der Waals surface area contributed by atoms with Crippen LogP contribution in [-0.4, -0.2) is 7.11 Å². The minimum atomic E-state index is 0.111. The molecule has 0 saturated heterocycles. The molecule has 0 aliphatic carbocycles. The van der Waals surface area contributed by atoms with Gasteiger partial charge < -0.3 is 15.2 Å². The lowest BCUT2D eigenvalue weighted by molar-refractivity contribution is 0.304. The van der Waals surface area contributed by atoms with Crippen molar-refractivity contribution in [1.82, 2.24) is 0 Å². The molecule has 3 nitrogen and oxygen atoms in total. The van der Waals surface area contributed by atoms with Crippen molar-refractivity contribution >= 4 is 5.69 Å². The molecular formula is C18H23NO2. The third kappa shape index (κ3) is 4.15. The number of hydrogen-bond donors (Lipinski definition) is 1. The van der Waals surface area contributed by atoms with Crippen LogP contribution in [0.5, 0.6) is 11.5 Å². The minimum Gasteiger partial charge on any atom is -0.497 e. The SMILES string of the molecule is COc1cc(N)cc(COc2cccc(C(C)(C)C)c2)c1. The second-order valence-corrected chi connectivity index (χ2v) is 6.18. The number of rotatable bonds is 4. The molecule has 0 heterocycles. The molecular weight excluding hydrogens is 262 g/mol. The third-order valence-corrected chi connectivity index (χ3v) is 3.33. The van der Waals surface area contributed by atoms with Crippen molar-refractivity contribution in [1.29, 1.82) is 0 Å². The highest BCUT2D eigenvalue weighted by molar-refractivity contribution is 5.47. The molecule has 2 aromatic rings. The Labute approximate surface area is 126 Å².